The number of amidine groups is 1. The Labute approximate surface area is 325 Å². The van der Waals surface area contributed by atoms with E-state index in [2.05, 4.69) is 212 Å². The summed E-state index contributed by atoms with van der Waals surface area (Å²) < 4.78 is 0. The zero-order valence-corrected chi connectivity index (χ0v) is 30.7. The average Bonchev–Trinajstić information content (AvgIpc) is 3.28. The van der Waals surface area contributed by atoms with Gasteiger partial charge in [0, 0.05) is 11.1 Å². The molecule has 10 aromatic carbocycles. The fraction of sp³-hybridized carbons (Fsp3) is 0.0185. The van der Waals surface area contributed by atoms with Crippen LogP contribution in [-0.4, -0.2) is 5.84 Å². The first kappa shape index (κ1) is 32.2. The zero-order chi connectivity index (χ0) is 37.0. The van der Waals surface area contributed by atoms with Crippen molar-refractivity contribution < 1.29 is 0 Å². The van der Waals surface area contributed by atoms with Gasteiger partial charge in [-0.3, -0.25) is 0 Å². The molecule has 0 saturated heterocycles. The summed E-state index contributed by atoms with van der Waals surface area (Å²) in [5.74, 6) is 0.856. The minimum atomic E-state index is -0.101. The summed E-state index contributed by atoms with van der Waals surface area (Å²) in [6.07, 6.45) is 2.29. The van der Waals surface area contributed by atoms with Gasteiger partial charge in [0.25, 0.3) is 0 Å². The third kappa shape index (κ3) is 5.46. The number of nitrogens with one attached hydrogen (secondary N) is 1. The molecule has 0 aromatic heterocycles. The van der Waals surface area contributed by atoms with Crippen LogP contribution in [0.25, 0.3) is 81.8 Å². The van der Waals surface area contributed by atoms with Gasteiger partial charge in [-0.05, 0) is 99.9 Å². The summed E-state index contributed by atoms with van der Waals surface area (Å²) in [6.45, 7) is 0. The summed E-state index contributed by atoms with van der Waals surface area (Å²) in [6, 6.07) is 72.4. The maximum absolute atomic E-state index is 5.37. The Bertz CT molecular complexity index is 3210. The van der Waals surface area contributed by atoms with Crippen LogP contribution in [0.15, 0.2) is 211 Å². The van der Waals surface area contributed by atoms with E-state index in [1.165, 1.54) is 81.7 Å². The Morgan fingerprint density at radius 3 is 1.71 bits per heavy atom. The van der Waals surface area contributed by atoms with Crippen molar-refractivity contribution in [1.82, 2.24) is 5.32 Å². The minimum Gasteiger partial charge on any atom is -0.359 e. The second-order valence-corrected chi connectivity index (χ2v) is 14.7. The molecule has 1 unspecified atom stereocenters. The van der Waals surface area contributed by atoms with E-state index in [0.717, 1.165) is 22.7 Å². The van der Waals surface area contributed by atoms with Gasteiger partial charge in [0.2, 0.25) is 0 Å². The van der Waals surface area contributed by atoms with E-state index in [1.807, 2.05) is 0 Å². The number of aliphatic imine (C=N–C) groups is 1. The molecule has 1 aliphatic heterocycles. The Hall–Kier alpha value is -7.29. The smallest absolute Gasteiger partial charge is 0.134 e. The predicted octanol–water partition coefficient (Wildman–Crippen LogP) is 13.9. The molecular formula is C54H36N2. The van der Waals surface area contributed by atoms with Crippen LogP contribution in [0.4, 0.5) is 0 Å². The van der Waals surface area contributed by atoms with E-state index in [1.54, 1.807) is 0 Å². The number of benzene rings is 10. The molecule has 2 nitrogen and oxygen atoms in total. The molecule has 0 aliphatic carbocycles. The average molecular weight is 713 g/mol. The van der Waals surface area contributed by atoms with Crippen LogP contribution < -0.4 is 5.32 Å². The molecule has 2 heteroatoms. The quantitative estimate of drug-likeness (QED) is 0.139. The highest BCUT2D eigenvalue weighted by Gasteiger charge is 2.23. The highest BCUT2D eigenvalue weighted by molar-refractivity contribution is 6.20. The molecule has 0 amide bonds. The van der Waals surface area contributed by atoms with Crippen molar-refractivity contribution in [3.8, 4) is 22.3 Å². The zero-order valence-electron chi connectivity index (χ0n) is 30.7. The molecule has 262 valence electrons. The molecule has 1 aliphatic rings. The lowest BCUT2D eigenvalue weighted by molar-refractivity contribution is 0.782. The van der Waals surface area contributed by atoms with Gasteiger partial charge in [0.05, 0.1) is 11.7 Å². The Balaban J connectivity index is 1.05. The van der Waals surface area contributed by atoms with Crippen LogP contribution in [0.1, 0.15) is 22.7 Å². The summed E-state index contributed by atoms with van der Waals surface area (Å²) in [5, 5.41) is 16.4. The van der Waals surface area contributed by atoms with Crippen LogP contribution in [0.2, 0.25) is 0 Å². The molecule has 0 fully saturated rings. The monoisotopic (exact) mass is 712 g/mol. The number of rotatable bonds is 5. The fourth-order valence-corrected chi connectivity index (χ4v) is 8.76. The number of hydrogen-bond acceptors (Lipinski definition) is 2. The normalized spacial score (nSPS) is 14.2. The molecule has 10 aromatic rings. The minimum absolute atomic E-state index is 0.101. The lowest BCUT2D eigenvalue weighted by Gasteiger charge is -2.26. The highest BCUT2D eigenvalue weighted by Crippen LogP contribution is 2.40. The topological polar surface area (TPSA) is 24.4 Å². The highest BCUT2D eigenvalue weighted by atomic mass is 15.0. The third-order valence-electron chi connectivity index (χ3n) is 11.5. The molecule has 56 heavy (non-hydrogen) atoms. The van der Waals surface area contributed by atoms with Crippen LogP contribution in [0.3, 0.4) is 0 Å². The van der Waals surface area contributed by atoms with Gasteiger partial charge in [-0.25, -0.2) is 4.99 Å². The Morgan fingerprint density at radius 2 is 0.911 bits per heavy atom. The van der Waals surface area contributed by atoms with E-state index in [-0.39, 0.29) is 6.04 Å². The first-order valence-corrected chi connectivity index (χ1v) is 19.3. The largest absolute Gasteiger partial charge is 0.359 e. The first-order valence-electron chi connectivity index (χ1n) is 19.3. The Morgan fingerprint density at radius 1 is 0.357 bits per heavy atom. The second kappa shape index (κ2) is 13.2. The van der Waals surface area contributed by atoms with E-state index < -0.39 is 0 Å². The molecule has 0 radical (unpaired) electrons. The maximum Gasteiger partial charge on any atom is 0.134 e. The molecule has 1 atom stereocenters. The van der Waals surface area contributed by atoms with E-state index in [9.17, 15) is 0 Å². The lowest BCUT2D eigenvalue weighted by Crippen LogP contribution is -2.31. The molecule has 0 bridgehead atoms. The molecule has 0 spiro atoms. The summed E-state index contributed by atoms with van der Waals surface area (Å²) in [7, 11) is 0. The van der Waals surface area contributed by atoms with E-state index in [0.29, 0.717) is 0 Å². The predicted molar refractivity (Wildman–Crippen MR) is 238 cm³/mol. The van der Waals surface area contributed by atoms with Crippen molar-refractivity contribution in [2.45, 2.75) is 6.04 Å². The van der Waals surface area contributed by atoms with Gasteiger partial charge in [-0.2, -0.15) is 0 Å². The number of hydrogen-bond donors (Lipinski definition) is 1. The van der Waals surface area contributed by atoms with Crippen molar-refractivity contribution in [1.29, 1.82) is 0 Å². The Kier molecular flexibility index (Phi) is 7.60. The van der Waals surface area contributed by atoms with Crippen LogP contribution in [0.5, 0.6) is 0 Å². The fourth-order valence-electron chi connectivity index (χ4n) is 8.76. The van der Waals surface area contributed by atoms with Gasteiger partial charge in [-0.1, -0.05) is 188 Å². The van der Waals surface area contributed by atoms with Crippen molar-refractivity contribution in [3.05, 3.63) is 223 Å². The summed E-state index contributed by atoms with van der Waals surface area (Å²) in [5.41, 5.74) is 9.15. The van der Waals surface area contributed by atoms with Gasteiger partial charge >= 0.3 is 0 Å². The maximum atomic E-state index is 5.37. The third-order valence-corrected chi connectivity index (χ3v) is 11.5. The van der Waals surface area contributed by atoms with Gasteiger partial charge in [0.1, 0.15) is 5.84 Å². The molecule has 1 N–H and O–H groups in total. The van der Waals surface area contributed by atoms with Crippen LogP contribution in [-0.2, 0) is 0 Å². The second-order valence-electron chi connectivity index (χ2n) is 14.7. The lowest BCUT2D eigenvalue weighted by atomic mass is 9.89. The van der Waals surface area contributed by atoms with E-state index in [4.69, 9.17) is 4.99 Å². The van der Waals surface area contributed by atoms with Crippen molar-refractivity contribution in [2.75, 3.05) is 0 Å². The number of nitrogens with zero attached hydrogens (tertiary/aromatic N) is 1. The SMILES string of the molecule is C1=C(c2ccc3c(ccc4ccccc43)c2)N=C(c2ccc(-c3c4ccccc4cc4c3ccc3ccccc34)cc2)NC1c1ccccc1-c1ccccc1. The van der Waals surface area contributed by atoms with Gasteiger partial charge < -0.3 is 5.32 Å². The number of fused-ring (bicyclic) bond motifs is 7. The standard InChI is InChI=1S/C54H36N2/c1-2-12-35(13-3-1)44-18-10-11-21-48(44)52-34-51(42-29-30-46-41(32-42)27-22-36-14-4-7-17-43(36)46)55-54(56-52)39-25-23-38(24-26-39)53-47-20-9-6-16-40(47)33-50-45-19-8-5-15-37(45)28-31-49(50)53/h1-34,52H,(H,55,56). The van der Waals surface area contributed by atoms with Crippen molar-refractivity contribution in [3.63, 3.8) is 0 Å². The first-order chi connectivity index (χ1) is 27.7. The van der Waals surface area contributed by atoms with E-state index >= 15 is 0 Å². The molecular weight excluding hydrogens is 677 g/mol. The van der Waals surface area contributed by atoms with Gasteiger partial charge in [0.15, 0.2) is 0 Å². The van der Waals surface area contributed by atoms with Crippen molar-refractivity contribution in [2.24, 2.45) is 4.99 Å². The van der Waals surface area contributed by atoms with Crippen molar-refractivity contribution >= 4 is 65.4 Å². The van der Waals surface area contributed by atoms with Crippen LogP contribution >= 0.6 is 0 Å². The summed E-state index contributed by atoms with van der Waals surface area (Å²) >= 11 is 0. The molecule has 11 rings (SSSR count). The van der Waals surface area contributed by atoms with Crippen LogP contribution in [0, 0.1) is 0 Å². The molecule has 1 heterocycles. The molecule has 0 saturated carbocycles. The van der Waals surface area contributed by atoms with Gasteiger partial charge in [-0.15, -0.1) is 0 Å². The summed E-state index contributed by atoms with van der Waals surface area (Å²) in [4.78, 5) is 5.37.